The standard InChI is InChI=1S/C36H39Cl2N3O4S/c1-4-5-21-39-36(43)34(23-28-13-8-6-9-14-28)40(24-30-31(37)17-12-18-32(30)38)35(42)25-41(33-22-26(2)19-20-27(33)3)46(44,45)29-15-10-7-11-16-29/h6-20,22,34H,4-5,21,23-25H2,1-3H3,(H,39,43)/t34-/m1/s1. The van der Waals surface area contributed by atoms with Crippen molar-refractivity contribution in [3.63, 3.8) is 0 Å². The predicted molar refractivity (Wildman–Crippen MR) is 186 cm³/mol. The third-order valence-corrected chi connectivity index (χ3v) is 10.2. The number of hydrogen-bond acceptors (Lipinski definition) is 4. The predicted octanol–water partition coefficient (Wildman–Crippen LogP) is 7.36. The minimum absolute atomic E-state index is 0.0440. The molecule has 0 heterocycles. The number of carbonyl (C=O) groups is 2. The van der Waals surface area contributed by atoms with Gasteiger partial charge in [0, 0.05) is 35.1 Å². The number of nitrogens with one attached hydrogen (secondary N) is 1. The van der Waals surface area contributed by atoms with Gasteiger partial charge < -0.3 is 10.2 Å². The van der Waals surface area contributed by atoms with E-state index >= 15 is 0 Å². The molecule has 0 radical (unpaired) electrons. The van der Waals surface area contributed by atoms with E-state index in [9.17, 15) is 18.0 Å². The van der Waals surface area contributed by atoms with Crippen molar-refractivity contribution in [3.05, 3.63) is 129 Å². The molecule has 0 saturated heterocycles. The largest absolute Gasteiger partial charge is 0.354 e. The van der Waals surface area contributed by atoms with Gasteiger partial charge >= 0.3 is 0 Å². The highest BCUT2D eigenvalue weighted by molar-refractivity contribution is 7.92. The molecule has 0 aromatic heterocycles. The topological polar surface area (TPSA) is 86.8 Å². The fraction of sp³-hybridized carbons (Fsp3) is 0.278. The lowest BCUT2D eigenvalue weighted by Gasteiger charge is -2.34. The summed E-state index contributed by atoms with van der Waals surface area (Å²) in [5.41, 5.74) is 3.18. The molecule has 0 aliphatic heterocycles. The van der Waals surface area contributed by atoms with Gasteiger partial charge in [-0.1, -0.05) is 103 Å². The molecule has 4 rings (SSSR count). The van der Waals surface area contributed by atoms with Gasteiger partial charge in [0.25, 0.3) is 10.0 Å². The van der Waals surface area contributed by atoms with Gasteiger partial charge in [-0.3, -0.25) is 13.9 Å². The first-order valence-electron chi connectivity index (χ1n) is 15.2. The summed E-state index contributed by atoms with van der Waals surface area (Å²) in [6, 6.07) is 26.9. The van der Waals surface area contributed by atoms with Crippen LogP contribution in [-0.2, 0) is 32.6 Å². The Morgan fingerprint density at radius 1 is 0.848 bits per heavy atom. The maximum atomic E-state index is 14.6. The smallest absolute Gasteiger partial charge is 0.264 e. The van der Waals surface area contributed by atoms with Crippen LogP contribution in [0.4, 0.5) is 5.69 Å². The average Bonchev–Trinajstić information content (AvgIpc) is 3.04. The molecule has 2 amide bonds. The van der Waals surface area contributed by atoms with Crippen molar-refractivity contribution < 1.29 is 18.0 Å². The molecule has 1 N–H and O–H groups in total. The minimum atomic E-state index is -4.20. The Bertz CT molecular complexity index is 1730. The van der Waals surface area contributed by atoms with Crippen molar-refractivity contribution in [1.82, 2.24) is 10.2 Å². The van der Waals surface area contributed by atoms with Crippen molar-refractivity contribution in [2.45, 2.75) is 57.5 Å². The molecule has 0 unspecified atom stereocenters. The Hall–Kier alpha value is -3.85. The van der Waals surface area contributed by atoms with E-state index in [1.165, 1.54) is 17.0 Å². The van der Waals surface area contributed by atoms with Gasteiger partial charge in [-0.05, 0) is 67.3 Å². The molecule has 0 fully saturated rings. The Balaban J connectivity index is 1.85. The molecule has 4 aromatic rings. The summed E-state index contributed by atoms with van der Waals surface area (Å²) in [5, 5.41) is 3.65. The summed E-state index contributed by atoms with van der Waals surface area (Å²) in [5.74, 6) is -0.930. The van der Waals surface area contributed by atoms with Crippen LogP contribution in [0.15, 0.2) is 102 Å². The zero-order valence-corrected chi connectivity index (χ0v) is 28.6. The van der Waals surface area contributed by atoms with Crippen LogP contribution in [0, 0.1) is 13.8 Å². The first kappa shape index (κ1) is 35.0. The first-order chi connectivity index (χ1) is 22.0. The normalized spacial score (nSPS) is 11.9. The molecular weight excluding hydrogens is 641 g/mol. The summed E-state index contributed by atoms with van der Waals surface area (Å²) in [6.45, 7) is 5.46. The molecule has 4 aromatic carbocycles. The number of benzene rings is 4. The highest BCUT2D eigenvalue weighted by Crippen LogP contribution is 2.30. The van der Waals surface area contributed by atoms with Crippen molar-refractivity contribution in [2.75, 3.05) is 17.4 Å². The van der Waals surface area contributed by atoms with Crippen LogP contribution < -0.4 is 9.62 Å². The monoisotopic (exact) mass is 679 g/mol. The van der Waals surface area contributed by atoms with Gasteiger partial charge in [-0.25, -0.2) is 8.42 Å². The Morgan fingerprint density at radius 3 is 2.11 bits per heavy atom. The quantitative estimate of drug-likeness (QED) is 0.141. The lowest BCUT2D eigenvalue weighted by molar-refractivity contribution is -0.140. The molecule has 242 valence electrons. The molecule has 0 aliphatic carbocycles. The lowest BCUT2D eigenvalue weighted by Crippen LogP contribution is -2.53. The number of aryl methyl sites for hydroxylation is 2. The second-order valence-corrected chi connectivity index (χ2v) is 13.9. The van der Waals surface area contributed by atoms with Gasteiger partial charge in [0.05, 0.1) is 10.6 Å². The van der Waals surface area contributed by atoms with E-state index < -0.39 is 28.5 Å². The number of anilines is 1. The van der Waals surface area contributed by atoms with E-state index in [0.29, 0.717) is 33.4 Å². The number of unbranched alkanes of at least 4 members (excludes halogenated alkanes) is 1. The van der Waals surface area contributed by atoms with Crippen LogP contribution in [0.3, 0.4) is 0 Å². The maximum absolute atomic E-state index is 14.6. The zero-order chi connectivity index (χ0) is 33.3. The molecular formula is C36H39Cl2N3O4S. The first-order valence-corrected chi connectivity index (χ1v) is 17.4. The van der Waals surface area contributed by atoms with Gasteiger partial charge in [0.1, 0.15) is 12.6 Å². The van der Waals surface area contributed by atoms with Gasteiger partial charge in [-0.2, -0.15) is 0 Å². The lowest BCUT2D eigenvalue weighted by atomic mass is 10.0. The molecule has 10 heteroatoms. The Morgan fingerprint density at radius 2 is 1.48 bits per heavy atom. The molecule has 1 atom stereocenters. The van der Waals surface area contributed by atoms with Gasteiger partial charge in [-0.15, -0.1) is 0 Å². The molecule has 0 aliphatic rings. The third-order valence-electron chi connectivity index (χ3n) is 7.73. The molecule has 0 spiro atoms. The van der Waals surface area contributed by atoms with Crippen LogP contribution in [0.2, 0.25) is 10.0 Å². The van der Waals surface area contributed by atoms with E-state index in [1.807, 2.05) is 56.3 Å². The summed E-state index contributed by atoms with van der Waals surface area (Å²) < 4.78 is 29.6. The fourth-order valence-electron chi connectivity index (χ4n) is 5.14. The van der Waals surface area contributed by atoms with Crippen LogP contribution in [0.25, 0.3) is 0 Å². The van der Waals surface area contributed by atoms with Crippen molar-refractivity contribution in [2.24, 2.45) is 0 Å². The van der Waals surface area contributed by atoms with E-state index in [1.54, 1.807) is 49.4 Å². The van der Waals surface area contributed by atoms with Crippen LogP contribution in [-0.4, -0.2) is 44.3 Å². The molecule has 0 saturated carbocycles. The Labute approximate surface area is 282 Å². The summed E-state index contributed by atoms with van der Waals surface area (Å²) in [7, 11) is -4.20. The molecule has 46 heavy (non-hydrogen) atoms. The van der Waals surface area contributed by atoms with Crippen molar-refractivity contribution in [1.29, 1.82) is 0 Å². The minimum Gasteiger partial charge on any atom is -0.354 e. The third kappa shape index (κ3) is 8.69. The van der Waals surface area contributed by atoms with E-state index in [0.717, 1.165) is 28.3 Å². The number of amides is 2. The van der Waals surface area contributed by atoms with Gasteiger partial charge in [0.2, 0.25) is 11.8 Å². The van der Waals surface area contributed by atoms with Gasteiger partial charge in [0.15, 0.2) is 0 Å². The van der Waals surface area contributed by atoms with Crippen molar-refractivity contribution >= 4 is 50.7 Å². The Kier molecular flexibility index (Phi) is 12.3. The molecule has 7 nitrogen and oxygen atoms in total. The number of carbonyl (C=O) groups excluding carboxylic acids is 2. The van der Waals surface area contributed by atoms with Crippen LogP contribution in [0.5, 0.6) is 0 Å². The maximum Gasteiger partial charge on any atom is 0.264 e. The summed E-state index contributed by atoms with van der Waals surface area (Å²) in [6.07, 6.45) is 1.84. The second-order valence-electron chi connectivity index (χ2n) is 11.2. The van der Waals surface area contributed by atoms with E-state index in [4.69, 9.17) is 23.2 Å². The number of nitrogens with zero attached hydrogens (tertiary/aromatic N) is 2. The summed E-state index contributed by atoms with van der Waals surface area (Å²) >= 11 is 13.2. The highest BCUT2D eigenvalue weighted by Gasteiger charge is 2.35. The van der Waals surface area contributed by atoms with E-state index in [2.05, 4.69) is 5.32 Å². The number of hydrogen-bond donors (Lipinski definition) is 1. The average molecular weight is 681 g/mol. The van der Waals surface area contributed by atoms with Crippen LogP contribution in [0.1, 0.15) is 42.0 Å². The zero-order valence-electron chi connectivity index (χ0n) is 26.2. The number of halogens is 2. The number of sulfonamides is 1. The van der Waals surface area contributed by atoms with Crippen LogP contribution >= 0.6 is 23.2 Å². The highest BCUT2D eigenvalue weighted by atomic mass is 35.5. The SMILES string of the molecule is CCCCNC(=O)[C@@H](Cc1ccccc1)N(Cc1c(Cl)cccc1Cl)C(=O)CN(c1cc(C)ccc1C)S(=O)(=O)c1ccccc1. The van der Waals surface area contributed by atoms with Crippen molar-refractivity contribution in [3.8, 4) is 0 Å². The molecule has 0 bridgehead atoms. The number of rotatable bonds is 14. The summed E-state index contributed by atoms with van der Waals surface area (Å²) in [4.78, 5) is 30.0. The second kappa shape index (κ2) is 16.1. The fourth-order valence-corrected chi connectivity index (χ4v) is 7.14. The van der Waals surface area contributed by atoms with E-state index in [-0.39, 0.29) is 23.8 Å².